The zero-order valence-electron chi connectivity index (χ0n) is 8.82. The second-order valence-electron chi connectivity index (χ2n) is 3.70. The minimum absolute atomic E-state index is 0. The summed E-state index contributed by atoms with van der Waals surface area (Å²) in [6.45, 7) is 1.47. The molecule has 0 aliphatic carbocycles. The van der Waals surface area contributed by atoms with E-state index in [1.165, 1.54) is 6.92 Å². The average Bonchev–Trinajstić information content (AvgIpc) is 2.68. The second-order valence-corrected chi connectivity index (χ2v) is 3.70. The third-order valence-electron chi connectivity index (χ3n) is 2.80. The molecule has 3 rings (SSSR count). The largest absolute Gasteiger partial charge is 0.386 e. The molecular formula is C11H4ErO6. The summed E-state index contributed by atoms with van der Waals surface area (Å²) in [6, 6.07) is 1.16. The molecule has 2 heterocycles. The van der Waals surface area contributed by atoms with Gasteiger partial charge in [0.2, 0.25) is 0 Å². The van der Waals surface area contributed by atoms with Gasteiger partial charge in [-0.2, -0.15) is 0 Å². The van der Waals surface area contributed by atoms with Crippen LogP contribution >= 0.6 is 0 Å². The Morgan fingerprint density at radius 2 is 1.17 bits per heavy atom. The number of fused-ring (bicyclic) bond motifs is 2. The van der Waals surface area contributed by atoms with Gasteiger partial charge in [0.05, 0.1) is 21.5 Å². The number of benzene rings is 1. The van der Waals surface area contributed by atoms with E-state index in [2.05, 4.69) is 8.83 Å². The van der Waals surface area contributed by atoms with Crippen LogP contribution in [0.25, 0.3) is 21.5 Å². The molecule has 18 heavy (non-hydrogen) atoms. The molecule has 0 N–H and O–H groups in total. The van der Waals surface area contributed by atoms with Gasteiger partial charge in [-0.05, 0) is 18.6 Å². The first-order valence-corrected chi connectivity index (χ1v) is 4.71. The monoisotopic (exact) mass is 398 g/mol. The molecule has 0 radical (unpaired) electrons. The Balaban J connectivity index is 0.00000120. The van der Waals surface area contributed by atoms with E-state index in [0.717, 1.165) is 6.07 Å². The first kappa shape index (κ1) is 13.2. The Morgan fingerprint density at radius 3 is 1.56 bits per heavy atom. The van der Waals surface area contributed by atoms with Crippen LogP contribution in [0, 0.1) is 44.2 Å². The molecule has 0 saturated carbocycles. The number of rotatable bonds is 0. The van der Waals surface area contributed by atoms with Crippen molar-refractivity contribution in [1.29, 1.82) is 0 Å². The summed E-state index contributed by atoms with van der Waals surface area (Å²) in [4.78, 5) is 45.5. The fourth-order valence-corrected chi connectivity index (χ4v) is 2.05. The Morgan fingerprint density at radius 1 is 0.778 bits per heavy atom. The maximum absolute atomic E-state index is 11.4. The van der Waals surface area contributed by atoms with Crippen LogP contribution in [0.5, 0.6) is 0 Å². The van der Waals surface area contributed by atoms with Crippen molar-refractivity contribution in [3.63, 3.8) is 0 Å². The zero-order valence-corrected chi connectivity index (χ0v) is 10.7. The van der Waals surface area contributed by atoms with Crippen LogP contribution in [0.4, 0.5) is 0 Å². The number of furan rings is 2. The van der Waals surface area contributed by atoms with Gasteiger partial charge in [-0.15, -0.1) is 0 Å². The van der Waals surface area contributed by atoms with E-state index >= 15 is 0 Å². The molecule has 6 nitrogen and oxygen atoms in total. The maximum atomic E-state index is 11.4. The van der Waals surface area contributed by atoms with E-state index in [9.17, 15) is 19.2 Å². The Hall–Kier alpha value is -1.25. The Bertz CT molecular complexity index is 891. The van der Waals surface area contributed by atoms with Crippen molar-refractivity contribution in [3.8, 4) is 0 Å². The molecule has 3 aromatic rings. The first-order valence-electron chi connectivity index (χ1n) is 4.71. The summed E-state index contributed by atoms with van der Waals surface area (Å²) in [5.74, 6) is 0. The summed E-state index contributed by atoms with van der Waals surface area (Å²) < 4.78 is 8.84. The van der Waals surface area contributed by atoms with Crippen molar-refractivity contribution in [3.05, 3.63) is 53.3 Å². The topological polar surface area (TPSA) is 94.6 Å². The second kappa shape index (κ2) is 4.14. The van der Waals surface area contributed by atoms with Crippen LogP contribution < -0.4 is 22.5 Å². The summed E-state index contributed by atoms with van der Waals surface area (Å²) in [5, 5.41) is 0.0524. The molecule has 96 valence electrons. The molecule has 7 heteroatoms. The molecule has 0 atom stereocenters. The quantitative estimate of drug-likeness (QED) is 0.520. The summed E-state index contributed by atoms with van der Waals surface area (Å²) in [6.07, 6.45) is 0. The van der Waals surface area contributed by atoms with Crippen LogP contribution in [0.1, 0.15) is 5.56 Å². The maximum Gasteiger partial charge on any atom is 0.347 e. The van der Waals surface area contributed by atoms with Crippen LogP contribution in [-0.2, 0) is 0 Å². The third kappa shape index (κ3) is 1.53. The molecule has 0 amide bonds. The number of hydrogen-bond acceptors (Lipinski definition) is 6. The van der Waals surface area contributed by atoms with E-state index in [1.807, 2.05) is 0 Å². The van der Waals surface area contributed by atoms with Gasteiger partial charge in [-0.1, -0.05) is 0 Å². The summed E-state index contributed by atoms with van der Waals surface area (Å²) >= 11 is 0. The van der Waals surface area contributed by atoms with Crippen LogP contribution in [0.2, 0.25) is 0 Å². The molecule has 0 aliphatic rings. The van der Waals surface area contributed by atoms with Crippen LogP contribution in [0.15, 0.2) is 34.1 Å². The van der Waals surface area contributed by atoms with Gasteiger partial charge in [0.15, 0.2) is 0 Å². The van der Waals surface area contributed by atoms with Crippen LogP contribution in [0.3, 0.4) is 0 Å². The summed E-state index contributed by atoms with van der Waals surface area (Å²) in [7, 11) is 0. The summed E-state index contributed by atoms with van der Waals surface area (Å²) in [5.41, 5.74) is -3.01. The van der Waals surface area contributed by atoms with Gasteiger partial charge in [0.1, 0.15) is 0 Å². The van der Waals surface area contributed by atoms with Crippen LogP contribution in [-0.4, -0.2) is 0 Å². The van der Waals surface area contributed by atoms with Crippen molar-refractivity contribution in [2.45, 2.75) is 6.92 Å². The minimum Gasteiger partial charge on any atom is -0.386 e. The van der Waals surface area contributed by atoms with Crippen molar-refractivity contribution in [2.24, 2.45) is 0 Å². The van der Waals surface area contributed by atoms with E-state index in [0.29, 0.717) is 0 Å². The van der Waals surface area contributed by atoms with Gasteiger partial charge >= 0.3 is 22.5 Å². The van der Waals surface area contributed by atoms with E-state index in [1.54, 1.807) is 0 Å². The smallest absolute Gasteiger partial charge is 0.347 e. The van der Waals surface area contributed by atoms with Gasteiger partial charge in [-0.25, -0.2) is 19.2 Å². The third-order valence-corrected chi connectivity index (χ3v) is 2.80. The molecule has 2 aromatic heterocycles. The molecule has 0 aliphatic heterocycles. The molecule has 0 saturated heterocycles. The predicted molar refractivity (Wildman–Crippen MR) is 58.2 cm³/mol. The molecule has 0 unspecified atom stereocenters. The fourth-order valence-electron chi connectivity index (χ4n) is 2.05. The molecule has 0 bridgehead atoms. The van der Waals surface area contributed by atoms with Gasteiger partial charge in [-0.3, -0.25) is 0 Å². The molecule has 0 spiro atoms. The first-order chi connectivity index (χ1) is 8.00. The van der Waals surface area contributed by atoms with E-state index in [-0.39, 0.29) is 64.4 Å². The van der Waals surface area contributed by atoms with E-state index in [4.69, 9.17) is 0 Å². The average molecular weight is 399 g/mol. The standard InChI is InChI=1S/C11H4O6.Er/c1-3-6-4(8(12)16-10(6)14)2-5-7(3)11(15)17-9(5)13;/h2H,1H3;. The zero-order chi connectivity index (χ0) is 12.3. The van der Waals surface area contributed by atoms with Gasteiger partial charge < -0.3 is 8.83 Å². The number of aryl methyl sites for hydroxylation is 1. The molecule has 0 fully saturated rings. The molecule has 1 aromatic carbocycles. The van der Waals surface area contributed by atoms with Gasteiger partial charge in [0.25, 0.3) is 0 Å². The normalized spacial score (nSPS) is 10.9. The van der Waals surface area contributed by atoms with E-state index < -0.39 is 22.5 Å². The predicted octanol–water partition coefficient (Wildman–Crippen LogP) is -0.196. The Labute approximate surface area is 127 Å². The number of hydrogen-bond donors (Lipinski definition) is 0. The SMILES string of the molecule is Cc1c2c(=O)oc(=O)c2cc2c(=O)oc(=O)c12.[Er]. The van der Waals surface area contributed by atoms with Gasteiger partial charge in [0, 0.05) is 37.3 Å². The van der Waals surface area contributed by atoms with Crippen molar-refractivity contribution in [2.75, 3.05) is 0 Å². The van der Waals surface area contributed by atoms with Crippen molar-refractivity contribution < 1.29 is 46.1 Å². The van der Waals surface area contributed by atoms with Crippen molar-refractivity contribution in [1.82, 2.24) is 0 Å². The minimum atomic E-state index is -0.817. The van der Waals surface area contributed by atoms with Crippen molar-refractivity contribution >= 4 is 21.5 Å². The Kier molecular flexibility index (Phi) is 3.04. The molecular weight excluding hydrogens is 395 g/mol. The fraction of sp³-hybridized carbons (Fsp3) is 0.0909.